The molecule has 6 nitrogen and oxygen atoms in total. The Labute approximate surface area is 122 Å². The van der Waals surface area contributed by atoms with Crippen molar-refractivity contribution >= 4 is 21.3 Å². The van der Waals surface area contributed by atoms with Gasteiger partial charge in [0, 0.05) is 19.4 Å². The van der Waals surface area contributed by atoms with E-state index in [2.05, 4.69) is 15.4 Å². The zero-order chi connectivity index (χ0) is 15.0. The standard InChI is InChI=1S/C14H14N4O2S/c1-10-5-3-6-11(9-10)21(19,20)12-13(15-2)17-18-8-4-7-16-14(12)18/h3-9H,1-2H3,(H,15,17). The third-order valence-electron chi connectivity index (χ3n) is 3.16. The van der Waals surface area contributed by atoms with Crippen molar-refractivity contribution in [2.45, 2.75) is 16.7 Å². The van der Waals surface area contributed by atoms with Crippen LogP contribution in [0.3, 0.4) is 0 Å². The van der Waals surface area contributed by atoms with E-state index < -0.39 is 9.84 Å². The summed E-state index contributed by atoms with van der Waals surface area (Å²) >= 11 is 0. The second kappa shape index (κ2) is 4.85. The lowest BCUT2D eigenvalue weighted by Crippen LogP contribution is -2.05. The normalized spacial score (nSPS) is 11.7. The first-order valence-corrected chi connectivity index (χ1v) is 7.85. The Kier molecular flexibility index (Phi) is 3.13. The van der Waals surface area contributed by atoms with Gasteiger partial charge in [0.05, 0.1) is 4.90 Å². The van der Waals surface area contributed by atoms with Crippen molar-refractivity contribution in [2.24, 2.45) is 0 Å². The van der Waals surface area contributed by atoms with Gasteiger partial charge in [0.2, 0.25) is 9.84 Å². The van der Waals surface area contributed by atoms with Gasteiger partial charge in [-0.2, -0.15) is 0 Å². The molecule has 0 aliphatic heterocycles. The molecule has 0 saturated carbocycles. The van der Waals surface area contributed by atoms with Crippen molar-refractivity contribution in [1.29, 1.82) is 0 Å². The van der Waals surface area contributed by atoms with Crippen LogP contribution >= 0.6 is 0 Å². The molecule has 21 heavy (non-hydrogen) atoms. The van der Waals surface area contributed by atoms with E-state index >= 15 is 0 Å². The Morgan fingerprint density at radius 3 is 2.76 bits per heavy atom. The van der Waals surface area contributed by atoms with Crippen molar-refractivity contribution in [3.63, 3.8) is 0 Å². The van der Waals surface area contributed by atoms with E-state index in [0.29, 0.717) is 5.65 Å². The largest absolute Gasteiger partial charge is 0.370 e. The molecule has 2 heterocycles. The summed E-state index contributed by atoms with van der Waals surface area (Å²) in [6.45, 7) is 1.85. The summed E-state index contributed by atoms with van der Waals surface area (Å²) in [7, 11) is -2.06. The molecule has 2 aromatic heterocycles. The Morgan fingerprint density at radius 2 is 2.05 bits per heavy atom. The molecule has 0 saturated heterocycles. The van der Waals surface area contributed by atoms with E-state index in [-0.39, 0.29) is 15.6 Å². The molecule has 1 aromatic carbocycles. The number of rotatable bonds is 3. The van der Waals surface area contributed by atoms with Gasteiger partial charge in [0.1, 0.15) is 0 Å². The molecule has 108 valence electrons. The topological polar surface area (TPSA) is 76.4 Å². The first kappa shape index (κ1) is 13.6. The van der Waals surface area contributed by atoms with Crippen molar-refractivity contribution in [3.8, 4) is 0 Å². The molecule has 3 aromatic rings. The fraction of sp³-hybridized carbons (Fsp3) is 0.143. The summed E-state index contributed by atoms with van der Waals surface area (Å²) in [6.07, 6.45) is 3.21. The Morgan fingerprint density at radius 1 is 1.24 bits per heavy atom. The molecule has 0 radical (unpaired) electrons. The molecule has 0 bridgehead atoms. The van der Waals surface area contributed by atoms with Gasteiger partial charge < -0.3 is 5.32 Å². The Bertz CT molecular complexity index is 916. The average Bonchev–Trinajstić information content (AvgIpc) is 2.86. The van der Waals surface area contributed by atoms with E-state index in [0.717, 1.165) is 5.56 Å². The number of hydrogen-bond donors (Lipinski definition) is 1. The highest BCUT2D eigenvalue weighted by atomic mass is 32.2. The minimum absolute atomic E-state index is 0.0937. The van der Waals surface area contributed by atoms with E-state index in [4.69, 9.17) is 0 Å². The fourth-order valence-corrected chi connectivity index (χ4v) is 3.80. The summed E-state index contributed by atoms with van der Waals surface area (Å²) in [6, 6.07) is 8.49. The number of nitrogens with one attached hydrogen (secondary N) is 1. The number of nitrogens with zero attached hydrogens (tertiary/aromatic N) is 3. The van der Waals surface area contributed by atoms with E-state index in [1.165, 1.54) is 4.52 Å². The van der Waals surface area contributed by atoms with Crippen LogP contribution in [0.1, 0.15) is 5.56 Å². The van der Waals surface area contributed by atoms with Crippen LogP contribution in [0.5, 0.6) is 0 Å². The van der Waals surface area contributed by atoms with Crippen molar-refractivity contribution in [1.82, 2.24) is 14.6 Å². The number of aryl methyl sites for hydroxylation is 1. The van der Waals surface area contributed by atoms with Crippen molar-refractivity contribution < 1.29 is 8.42 Å². The van der Waals surface area contributed by atoms with Crippen LogP contribution in [-0.4, -0.2) is 30.1 Å². The molecule has 0 fully saturated rings. The summed E-state index contributed by atoms with van der Waals surface area (Å²) in [4.78, 5) is 4.47. The lowest BCUT2D eigenvalue weighted by molar-refractivity contribution is 0.597. The number of aromatic nitrogens is 3. The van der Waals surface area contributed by atoms with E-state index in [9.17, 15) is 8.42 Å². The number of anilines is 1. The Balaban J connectivity index is 2.33. The second-order valence-corrected chi connectivity index (χ2v) is 6.52. The summed E-state index contributed by atoms with van der Waals surface area (Å²) in [5, 5.41) is 7.03. The summed E-state index contributed by atoms with van der Waals surface area (Å²) in [5.74, 6) is 0.287. The summed E-state index contributed by atoms with van der Waals surface area (Å²) < 4.78 is 27.3. The van der Waals surface area contributed by atoms with Crippen LogP contribution in [-0.2, 0) is 9.84 Å². The molecule has 0 spiro atoms. The predicted octanol–water partition coefficient (Wildman–Crippen LogP) is 1.91. The lowest BCUT2D eigenvalue weighted by Gasteiger charge is -2.05. The van der Waals surface area contributed by atoms with Crippen LogP contribution in [0.15, 0.2) is 52.5 Å². The third kappa shape index (κ3) is 2.15. The van der Waals surface area contributed by atoms with Gasteiger partial charge in [0.15, 0.2) is 16.4 Å². The monoisotopic (exact) mass is 302 g/mol. The minimum Gasteiger partial charge on any atom is -0.370 e. The molecular weight excluding hydrogens is 288 g/mol. The SMILES string of the molecule is CNc1nn2cccnc2c1S(=O)(=O)c1cccc(C)c1. The highest BCUT2D eigenvalue weighted by Crippen LogP contribution is 2.30. The number of fused-ring (bicyclic) bond motifs is 1. The lowest BCUT2D eigenvalue weighted by atomic mass is 10.2. The van der Waals surface area contributed by atoms with Crippen LogP contribution in [0.25, 0.3) is 5.65 Å². The molecule has 0 unspecified atom stereocenters. The molecule has 7 heteroatoms. The predicted molar refractivity (Wildman–Crippen MR) is 79.2 cm³/mol. The van der Waals surface area contributed by atoms with E-state index in [1.807, 2.05) is 13.0 Å². The van der Waals surface area contributed by atoms with Gasteiger partial charge in [-0.1, -0.05) is 12.1 Å². The van der Waals surface area contributed by atoms with Crippen LogP contribution in [0.2, 0.25) is 0 Å². The second-order valence-electron chi connectivity index (χ2n) is 4.64. The fourth-order valence-electron chi connectivity index (χ4n) is 2.18. The molecule has 0 aliphatic carbocycles. The molecule has 1 N–H and O–H groups in total. The zero-order valence-corrected chi connectivity index (χ0v) is 12.4. The zero-order valence-electron chi connectivity index (χ0n) is 11.6. The Hall–Kier alpha value is -2.41. The molecule has 0 atom stereocenters. The van der Waals surface area contributed by atoms with E-state index in [1.54, 1.807) is 43.7 Å². The van der Waals surface area contributed by atoms with Crippen molar-refractivity contribution in [3.05, 3.63) is 48.3 Å². The van der Waals surface area contributed by atoms with Gasteiger partial charge in [-0.05, 0) is 30.7 Å². The molecular formula is C14H14N4O2S. The quantitative estimate of drug-likeness (QED) is 0.800. The summed E-state index contributed by atoms with van der Waals surface area (Å²) in [5.41, 5.74) is 1.19. The van der Waals surface area contributed by atoms with Gasteiger partial charge in [-0.25, -0.2) is 17.9 Å². The maximum absolute atomic E-state index is 12.9. The van der Waals surface area contributed by atoms with Gasteiger partial charge in [0.25, 0.3) is 0 Å². The highest BCUT2D eigenvalue weighted by Gasteiger charge is 2.28. The van der Waals surface area contributed by atoms with Crippen LogP contribution < -0.4 is 5.32 Å². The first-order valence-electron chi connectivity index (χ1n) is 6.37. The van der Waals surface area contributed by atoms with Crippen LogP contribution in [0.4, 0.5) is 5.82 Å². The highest BCUT2D eigenvalue weighted by molar-refractivity contribution is 7.91. The van der Waals surface area contributed by atoms with Gasteiger partial charge >= 0.3 is 0 Å². The van der Waals surface area contributed by atoms with Gasteiger partial charge in [-0.15, -0.1) is 5.10 Å². The average molecular weight is 302 g/mol. The molecule has 3 rings (SSSR count). The van der Waals surface area contributed by atoms with Gasteiger partial charge in [-0.3, -0.25) is 0 Å². The van der Waals surface area contributed by atoms with Crippen molar-refractivity contribution in [2.75, 3.05) is 12.4 Å². The maximum Gasteiger partial charge on any atom is 0.214 e. The first-order chi connectivity index (χ1) is 10.0. The number of sulfone groups is 1. The molecule has 0 amide bonds. The smallest absolute Gasteiger partial charge is 0.214 e. The minimum atomic E-state index is -3.70. The molecule has 0 aliphatic rings. The van der Waals surface area contributed by atoms with Crippen LogP contribution in [0, 0.1) is 6.92 Å². The maximum atomic E-state index is 12.9. The third-order valence-corrected chi connectivity index (χ3v) is 4.95. The number of benzene rings is 1. The number of hydrogen-bond acceptors (Lipinski definition) is 5.